The fourth-order valence-electron chi connectivity index (χ4n) is 3.67. The van der Waals surface area contributed by atoms with E-state index in [-0.39, 0.29) is 22.4 Å². The van der Waals surface area contributed by atoms with Gasteiger partial charge in [0.05, 0.1) is 5.69 Å². The van der Waals surface area contributed by atoms with Crippen molar-refractivity contribution in [3.63, 3.8) is 0 Å². The molecule has 1 amide bonds. The molecule has 0 radical (unpaired) electrons. The molecule has 0 aliphatic heterocycles. The fraction of sp³-hybridized carbons (Fsp3) is 0.619. The second-order valence-electron chi connectivity index (χ2n) is 7.97. The number of rotatable bonds is 6. The average Bonchev–Trinajstić information content (AvgIpc) is 2.56. The highest BCUT2D eigenvalue weighted by Crippen LogP contribution is 2.43. The maximum Gasteiger partial charge on any atom is 0.230 e. The Balaban J connectivity index is 2.19. The molecule has 1 saturated carbocycles. The molecule has 0 saturated heterocycles. The molecule has 3 nitrogen and oxygen atoms in total. The van der Waals surface area contributed by atoms with E-state index in [0.29, 0.717) is 5.92 Å². The summed E-state index contributed by atoms with van der Waals surface area (Å²) < 4.78 is 0. The van der Waals surface area contributed by atoms with Gasteiger partial charge in [0.15, 0.2) is 5.12 Å². The van der Waals surface area contributed by atoms with Crippen molar-refractivity contribution in [3.8, 4) is 0 Å². The van der Waals surface area contributed by atoms with Crippen LogP contribution in [0.1, 0.15) is 66.2 Å². The van der Waals surface area contributed by atoms with Crippen LogP contribution in [0.5, 0.6) is 0 Å². The Morgan fingerprint density at radius 2 is 1.72 bits per heavy atom. The Kier molecular flexibility index (Phi) is 7.12. The van der Waals surface area contributed by atoms with E-state index in [2.05, 4.69) is 19.2 Å². The van der Waals surface area contributed by atoms with Crippen molar-refractivity contribution in [1.82, 2.24) is 0 Å². The average molecular weight is 362 g/mol. The lowest BCUT2D eigenvalue weighted by atomic mass is 9.68. The first-order valence-corrected chi connectivity index (χ1v) is 10.3. The van der Waals surface area contributed by atoms with Gasteiger partial charge in [0.2, 0.25) is 5.91 Å². The number of para-hydroxylation sites is 1. The molecule has 1 N–H and O–H groups in total. The number of amides is 1. The van der Waals surface area contributed by atoms with Crippen LogP contribution in [0.4, 0.5) is 5.69 Å². The lowest BCUT2D eigenvalue weighted by Crippen LogP contribution is -2.39. The van der Waals surface area contributed by atoms with Crippen LogP contribution in [0, 0.1) is 17.3 Å². The summed E-state index contributed by atoms with van der Waals surface area (Å²) in [7, 11) is 0. The Morgan fingerprint density at radius 3 is 2.32 bits per heavy atom. The Hall–Kier alpha value is -1.29. The van der Waals surface area contributed by atoms with Gasteiger partial charge in [0.25, 0.3) is 0 Å². The number of benzene rings is 1. The number of hydrogen-bond acceptors (Lipinski definition) is 3. The van der Waals surface area contributed by atoms with Crippen LogP contribution >= 0.6 is 11.8 Å². The lowest BCUT2D eigenvalue weighted by Gasteiger charge is -2.37. The normalized spacial score (nSPS) is 16.9. The van der Waals surface area contributed by atoms with E-state index in [1.165, 1.54) is 18.2 Å². The molecule has 0 bridgehead atoms. The molecule has 0 unspecified atom stereocenters. The molecule has 0 aromatic heterocycles. The van der Waals surface area contributed by atoms with Gasteiger partial charge in [-0.15, -0.1) is 0 Å². The smallest absolute Gasteiger partial charge is 0.230 e. The van der Waals surface area contributed by atoms with Crippen LogP contribution in [-0.4, -0.2) is 11.0 Å². The Labute approximate surface area is 156 Å². The summed E-state index contributed by atoms with van der Waals surface area (Å²) in [5.41, 5.74) is 0.506. The molecule has 1 aromatic carbocycles. The Bertz CT molecular complexity index is 604. The van der Waals surface area contributed by atoms with Gasteiger partial charge in [-0.05, 0) is 49.1 Å². The topological polar surface area (TPSA) is 46.2 Å². The van der Waals surface area contributed by atoms with Crippen molar-refractivity contribution >= 4 is 28.5 Å². The van der Waals surface area contributed by atoms with Gasteiger partial charge < -0.3 is 5.32 Å². The number of carbonyl (C=O) groups is 2. The molecular formula is C21H31NO2S. The third kappa shape index (κ3) is 5.34. The lowest BCUT2D eigenvalue weighted by molar-refractivity contribution is -0.128. The molecule has 0 spiro atoms. The molecule has 0 heterocycles. The van der Waals surface area contributed by atoms with Crippen molar-refractivity contribution in [1.29, 1.82) is 0 Å². The number of thioether (sulfide) groups is 1. The molecule has 1 fully saturated rings. The van der Waals surface area contributed by atoms with Crippen molar-refractivity contribution < 1.29 is 9.59 Å². The third-order valence-electron chi connectivity index (χ3n) is 4.91. The quantitative estimate of drug-likeness (QED) is 0.642. The highest BCUT2D eigenvalue weighted by Gasteiger charge is 2.40. The minimum Gasteiger partial charge on any atom is -0.325 e. The zero-order chi connectivity index (χ0) is 18.4. The van der Waals surface area contributed by atoms with E-state index in [1.807, 2.05) is 38.1 Å². The van der Waals surface area contributed by atoms with Gasteiger partial charge in [-0.2, -0.15) is 0 Å². The summed E-state index contributed by atoms with van der Waals surface area (Å²) in [5, 5.41) is 3.28. The van der Waals surface area contributed by atoms with E-state index in [1.54, 1.807) is 0 Å². The van der Waals surface area contributed by atoms with Gasteiger partial charge >= 0.3 is 0 Å². The minimum atomic E-state index is -0.258. The van der Waals surface area contributed by atoms with Gasteiger partial charge in [0.1, 0.15) is 0 Å². The first-order chi connectivity index (χ1) is 11.8. The van der Waals surface area contributed by atoms with Crippen LogP contribution < -0.4 is 5.32 Å². The van der Waals surface area contributed by atoms with Crippen LogP contribution in [0.2, 0.25) is 0 Å². The van der Waals surface area contributed by atoms with Gasteiger partial charge in [-0.25, -0.2) is 0 Å². The molecule has 25 heavy (non-hydrogen) atoms. The summed E-state index contributed by atoms with van der Waals surface area (Å²) in [6, 6.07) is 7.64. The highest BCUT2D eigenvalue weighted by atomic mass is 32.2. The van der Waals surface area contributed by atoms with Crippen LogP contribution in [-0.2, 0) is 9.59 Å². The van der Waals surface area contributed by atoms with Crippen molar-refractivity contribution in [2.45, 2.75) is 71.1 Å². The minimum absolute atomic E-state index is 0.0283. The molecule has 2 rings (SSSR count). The van der Waals surface area contributed by atoms with Gasteiger partial charge in [-0.1, -0.05) is 59.1 Å². The molecule has 4 heteroatoms. The largest absolute Gasteiger partial charge is 0.325 e. The molecule has 1 aliphatic rings. The van der Waals surface area contributed by atoms with Crippen LogP contribution in [0.3, 0.4) is 0 Å². The van der Waals surface area contributed by atoms with Gasteiger partial charge in [-0.3, -0.25) is 9.59 Å². The van der Waals surface area contributed by atoms with Crippen molar-refractivity contribution in [2.24, 2.45) is 17.3 Å². The maximum absolute atomic E-state index is 13.2. The SMILES string of the molecule is CC(C)CC1(C(=O)Nc2ccccc2SC(=O)C(C)C)CCCCC1. The molecule has 1 aromatic rings. The molecule has 0 atom stereocenters. The maximum atomic E-state index is 13.2. The van der Waals surface area contributed by atoms with Crippen LogP contribution in [0.15, 0.2) is 29.2 Å². The zero-order valence-electron chi connectivity index (χ0n) is 15.9. The summed E-state index contributed by atoms with van der Waals surface area (Å²) in [4.78, 5) is 26.1. The molecular weight excluding hydrogens is 330 g/mol. The summed E-state index contributed by atoms with van der Waals surface area (Å²) >= 11 is 1.23. The monoisotopic (exact) mass is 361 g/mol. The summed E-state index contributed by atoms with van der Waals surface area (Å²) in [6.45, 7) is 8.18. The number of nitrogens with one attached hydrogen (secondary N) is 1. The van der Waals surface area contributed by atoms with Crippen molar-refractivity contribution in [2.75, 3.05) is 5.32 Å². The highest BCUT2D eigenvalue weighted by molar-refractivity contribution is 8.13. The van der Waals surface area contributed by atoms with Crippen LogP contribution in [0.25, 0.3) is 0 Å². The number of hydrogen-bond donors (Lipinski definition) is 1. The van der Waals surface area contributed by atoms with E-state index in [4.69, 9.17) is 0 Å². The second kappa shape index (κ2) is 8.88. The number of carbonyl (C=O) groups excluding carboxylic acids is 2. The zero-order valence-corrected chi connectivity index (χ0v) is 16.7. The third-order valence-corrected chi connectivity index (χ3v) is 6.16. The van der Waals surface area contributed by atoms with Gasteiger partial charge in [0, 0.05) is 16.2 Å². The predicted octanol–water partition coefficient (Wildman–Crippen LogP) is 5.90. The summed E-state index contributed by atoms with van der Waals surface area (Å²) in [5.74, 6) is 0.598. The van der Waals surface area contributed by atoms with E-state index >= 15 is 0 Å². The van der Waals surface area contributed by atoms with Crippen molar-refractivity contribution in [3.05, 3.63) is 24.3 Å². The molecule has 138 valence electrons. The van der Waals surface area contributed by atoms with E-state index < -0.39 is 0 Å². The predicted molar refractivity (Wildman–Crippen MR) is 106 cm³/mol. The molecule has 1 aliphatic carbocycles. The van der Waals surface area contributed by atoms with E-state index in [9.17, 15) is 9.59 Å². The first-order valence-electron chi connectivity index (χ1n) is 9.46. The summed E-state index contributed by atoms with van der Waals surface area (Å²) in [6.07, 6.45) is 6.35. The standard InChI is InChI=1S/C21H31NO2S/c1-15(2)14-21(12-8-5-9-13-21)20(24)22-17-10-6-7-11-18(17)25-19(23)16(3)4/h6-7,10-11,15-16H,5,8-9,12-14H2,1-4H3,(H,22,24). The van der Waals surface area contributed by atoms with E-state index in [0.717, 1.165) is 42.7 Å². The first kappa shape index (κ1) is 20.0. The fourth-order valence-corrected chi connectivity index (χ4v) is 4.50. The Morgan fingerprint density at radius 1 is 1.08 bits per heavy atom. The second-order valence-corrected chi connectivity index (χ2v) is 9.01. The number of anilines is 1.